The third kappa shape index (κ3) is 4.12. The Kier molecular flexibility index (Phi) is 5.36. The molecule has 6 heteroatoms. The number of carbonyl (C=O) groups is 1. The van der Waals surface area contributed by atoms with Gasteiger partial charge in [0, 0.05) is 4.47 Å². The molecule has 1 saturated heterocycles. The topological polar surface area (TPSA) is 45.0 Å². The second-order valence-corrected chi connectivity index (χ2v) is 7.94. The average molecular weight is 438 g/mol. The fourth-order valence-corrected chi connectivity index (χ4v) is 4.02. The fraction of sp³-hybridized carbons (Fsp3) is 0.0952. The maximum atomic E-state index is 12.4. The molecule has 0 atom stereocenters. The van der Waals surface area contributed by atoms with Crippen molar-refractivity contribution in [2.75, 3.05) is 5.75 Å². The van der Waals surface area contributed by atoms with Crippen LogP contribution in [0.2, 0.25) is 0 Å². The molecular formula is C21H16BrN3OS. The van der Waals surface area contributed by atoms with Gasteiger partial charge >= 0.3 is 0 Å². The largest absolute Gasteiger partial charge is 0.285 e. The van der Waals surface area contributed by atoms with Crippen molar-refractivity contribution >= 4 is 55.8 Å². The van der Waals surface area contributed by atoms with Gasteiger partial charge in [0.1, 0.15) is 0 Å². The lowest BCUT2D eigenvalue weighted by Gasteiger charge is -2.16. The number of hydrogen-bond acceptors (Lipinski definition) is 4. The maximum Gasteiger partial charge on any atom is 0.239 e. The van der Waals surface area contributed by atoms with Gasteiger partial charge in [0.2, 0.25) is 5.91 Å². The predicted molar refractivity (Wildman–Crippen MR) is 116 cm³/mol. The molecule has 0 aromatic heterocycles. The van der Waals surface area contributed by atoms with E-state index in [1.54, 1.807) is 11.1 Å². The second kappa shape index (κ2) is 8.06. The highest BCUT2D eigenvalue weighted by molar-refractivity contribution is 9.10. The molecule has 0 N–H and O–H groups in total. The van der Waals surface area contributed by atoms with Crippen LogP contribution in [0.3, 0.4) is 0 Å². The number of amidine groups is 1. The van der Waals surface area contributed by atoms with Gasteiger partial charge in [-0.1, -0.05) is 82.3 Å². The van der Waals surface area contributed by atoms with E-state index in [0.717, 1.165) is 21.0 Å². The van der Waals surface area contributed by atoms with E-state index in [1.807, 2.05) is 42.5 Å². The normalized spacial score (nSPS) is 16.1. The summed E-state index contributed by atoms with van der Waals surface area (Å²) in [7, 11) is 0. The van der Waals surface area contributed by atoms with Crippen molar-refractivity contribution in [2.45, 2.75) is 6.54 Å². The van der Waals surface area contributed by atoms with Crippen LogP contribution in [0.15, 0.2) is 81.4 Å². The highest BCUT2D eigenvalue weighted by atomic mass is 79.9. The third-order valence-electron chi connectivity index (χ3n) is 4.29. The molecule has 3 aromatic rings. The Balaban J connectivity index is 1.57. The summed E-state index contributed by atoms with van der Waals surface area (Å²) in [5.41, 5.74) is 2.06. The molecule has 0 radical (unpaired) electrons. The van der Waals surface area contributed by atoms with Gasteiger partial charge in [-0.2, -0.15) is 5.10 Å². The zero-order chi connectivity index (χ0) is 18.6. The van der Waals surface area contributed by atoms with Gasteiger partial charge in [0.25, 0.3) is 0 Å². The first-order valence-electron chi connectivity index (χ1n) is 8.47. The summed E-state index contributed by atoms with van der Waals surface area (Å²) in [4.78, 5) is 14.1. The van der Waals surface area contributed by atoms with Gasteiger partial charge < -0.3 is 0 Å². The van der Waals surface area contributed by atoms with Crippen molar-refractivity contribution in [3.05, 3.63) is 82.3 Å². The lowest BCUT2D eigenvalue weighted by atomic mass is 10.0. The van der Waals surface area contributed by atoms with Crippen molar-refractivity contribution < 1.29 is 4.79 Å². The number of rotatable bonds is 4. The molecule has 1 heterocycles. The van der Waals surface area contributed by atoms with Crippen molar-refractivity contribution in [3.63, 3.8) is 0 Å². The summed E-state index contributed by atoms with van der Waals surface area (Å²) in [6.07, 6.45) is 1.69. The van der Waals surface area contributed by atoms with Gasteiger partial charge in [-0.25, -0.2) is 0 Å². The molecular weight excluding hydrogens is 422 g/mol. The second-order valence-electron chi connectivity index (χ2n) is 6.09. The first kappa shape index (κ1) is 17.9. The minimum Gasteiger partial charge on any atom is -0.285 e. The lowest BCUT2D eigenvalue weighted by Crippen LogP contribution is -2.28. The number of halogens is 1. The molecule has 1 aliphatic heterocycles. The first-order chi connectivity index (χ1) is 13.2. The molecule has 3 aromatic carbocycles. The van der Waals surface area contributed by atoms with Crippen molar-refractivity contribution in [2.24, 2.45) is 10.2 Å². The molecule has 0 saturated carbocycles. The van der Waals surface area contributed by atoms with E-state index in [1.165, 1.54) is 17.1 Å². The molecule has 134 valence electrons. The Bertz CT molecular complexity index is 1040. The average Bonchev–Trinajstić information content (AvgIpc) is 3.03. The van der Waals surface area contributed by atoms with Gasteiger partial charge in [0.15, 0.2) is 5.17 Å². The monoisotopic (exact) mass is 437 g/mol. The van der Waals surface area contributed by atoms with Crippen LogP contribution in [0, 0.1) is 0 Å². The third-order valence-corrected chi connectivity index (χ3v) is 5.77. The van der Waals surface area contributed by atoms with Crippen molar-refractivity contribution in [1.82, 2.24) is 4.90 Å². The molecule has 4 rings (SSSR count). The molecule has 0 aliphatic carbocycles. The van der Waals surface area contributed by atoms with Crippen LogP contribution < -0.4 is 0 Å². The molecule has 1 aliphatic rings. The molecule has 0 bridgehead atoms. The smallest absolute Gasteiger partial charge is 0.239 e. The lowest BCUT2D eigenvalue weighted by molar-refractivity contribution is -0.124. The van der Waals surface area contributed by atoms with Gasteiger partial charge in [-0.15, -0.1) is 5.10 Å². The number of nitrogens with zero attached hydrogens (tertiary/aromatic N) is 3. The number of benzene rings is 3. The first-order valence-corrected chi connectivity index (χ1v) is 10.2. The molecule has 0 spiro atoms. The maximum absolute atomic E-state index is 12.4. The molecule has 27 heavy (non-hydrogen) atoms. The quantitative estimate of drug-likeness (QED) is 0.422. The highest BCUT2D eigenvalue weighted by Gasteiger charge is 2.28. The van der Waals surface area contributed by atoms with Crippen LogP contribution in [-0.2, 0) is 11.3 Å². The van der Waals surface area contributed by atoms with Crippen LogP contribution in [0.1, 0.15) is 11.1 Å². The summed E-state index contributed by atoms with van der Waals surface area (Å²) in [6.45, 7) is 0.500. The highest BCUT2D eigenvalue weighted by Crippen LogP contribution is 2.25. The summed E-state index contributed by atoms with van der Waals surface area (Å²) < 4.78 is 1.02. The van der Waals surface area contributed by atoms with Crippen LogP contribution in [0.4, 0.5) is 0 Å². The van der Waals surface area contributed by atoms with E-state index in [-0.39, 0.29) is 5.91 Å². The minimum absolute atomic E-state index is 0.0607. The zero-order valence-corrected chi connectivity index (χ0v) is 16.8. The van der Waals surface area contributed by atoms with E-state index in [9.17, 15) is 4.79 Å². The molecule has 0 unspecified atom stereocenters. The zero-order valence-electron chi connectivity index (χ0n) is 14.4. The van der Waals surface area contributed by atoms with E-state index >= 15 is 0 Å². The van der Waals surface area contributed by atoms with Crippen LogP contribution in [0.5, 0.6) is 0 Å². The molecule has 4 nitrogen and oxygen atoms in total. The van der Waals surface area contributed by atoms with Gasteiger partial charge in [-0.3, -0.25) is 9.69 Å². The van der Waals surface area contributed by atoms with E-state index in [4.69, 9.17) is 0 Å². The summed E-state index contributed by atoms with van der Waals surface area (Å²) >= 11 is 4.84. The minimum atomic E-state index is 0.0607. The Labute approximate surface area is 170 Å². The van der Waals surface area contributed by atoms with Gasteiger partial charge in [-0.05, 0) is 34.0 Å². The number of hydrogen-bond donors (Lipinski definition) is 0. The summed E-state index contributed by atoms with van der Waals surface area (Å²) in [6, 6.07) is 22.2. The number of amides is 1. The van der Waals surface area contributed by atoms with E-state index in [0.29, 0.717) is 17.5 Å². The summed E-state index contributed by atoms with van der Waals surface area (Å²) in [5.74, 6) is 0.461. The van der Waals surface area contributed by atoms with Crippen LogP contribution >= 0.6 is 27.7 Å². The predicted octanol–water partition coefficient (Wildman–Crippen LogP) is 5.07. The Hall–Kier alpha value is -2.44. The van der Waals surface area contributed by atoms with Gasteiger partial charge in [0.05, 0.1) is 18.5 Å². The Morgan fingerprint density at radius 3 is 2.67 bits per heavy atom. The van der Waals surface area contributed by atoms with Crippen LogP contribution in [0.25, 0.3) is 10.8 Å². The SMILES string of the molecule is O=C1CS/C(=N\N=C\c2ccc(Br)cc2)N1Cc1cccc2ccccc12. The fourth-order valence-electron chi connectivity index (χ4n) is 2.92. The summed E-state index contributed by atoms with van der Waals surface area (Å²) in [5, 5.41) is 11.4. The van der Waals surface area contributed by atoms with E-state index in [2.05, 4.69) is 50.4 Å². The molecule has 1 fully saturated rings. The number of thioether (sulfide) groups is 1. The van der Waals surface area contributed by atoms with Crippen molar-refractivity contribution in [1.29, 1.82) is 0 Å². The number of fused-ring (bicyclic) bond motifs is 1. The van der Waals surface area contributed by atoms with E-state index < -0.39 is 0 Å². The van der Waals surface area contributed by atoms with Crippen molar-refractivity contribution in [3.8, 4) is 0 Å². The number of carbonyl (C=O) groups excluding carboxylic acids is 1. The Morgan fingerprint density at radius 1 is 1.04 bits per heavy atom. The molecule has 1 amide bonds. The standard InChI is InChI=1S/C21H16BrN3OS/c22-18-10-8-15(9-11-18)12-23-24-21-25(20(26)14-27-21)13-17-6-3-5-16-4-1-2-7-19(16)17/h1-12H,13-14H2/b23-12+,24-21-. The Morgan fingerprint density at radius 2 is 1.81 bits per heavy atom. The van der Waals surface area contributed by atoms with Crippen LogP contribution in [-0.4, -0.2) is 27.9 Å².